The molecule has 1 aliphatic heterocycles. The Balaban J connectivity index is 1.70. The van der Waals surface area contributed by atoms with Crippen LogP contribution in [0.5, 0.6) is 0 Å². The lowest BCUT2D eigenvalue weighted by Crippen LogP contribution is -2.58. The zero-order valence-electron chi connectivity index (χ0n) is 15.2. The van der Waals surface area contributed by atoms with Crippen LogP contribution in [0.1, 0.15) is 43.6 Å². The van der Waals surface area contributed by atoms with Gasteiger partial charge < -0.3 is 15.9 Å². The number of aryl methyl sites for hydroxylation is 2. The van der Waals surface area contributed by atoms with E-state index in [1.807, 2.05) is 43.0 Å². The summed E-state index contributed by atoms with van der Waals surface area (Å²) < 4.78 is 5.72. The van der Waals surface area contributed by atoms with Crippen molar-refractivity contribution in [3.05, 3.63) is 35.7 Å². The van der Waals surface area contributed by atoms with Crippen LogP contribution in [-0.2, 0) is 0 Å². The van der Waals surface area contributed by atoms with Crippen LogP contribution in [0.4, 0.5) is 5.69 Å². The third-order valence-electron chi connectivity index (χ3n) is 5.25. The molecule has 0 atom stereocenters. The third-order valence-corrected chi connectivity index (χ3v) is 5.25. The predicted molar refractivity (Wildman–Crippen MR) is 103 cm³/mol. The smallest absolute Gasteiger partial charge is 0.226 e. The molecule has 0 unspecified atom stereocenters. The Kier molecular flexibility index (Phi) is 3.94. The quantitative estimate of drug-likeness (QED) is 0.864. The molecule has 0 amide bonds. The second kappa shape index (κ2) is 6.16. The lowest BCUT2D eigenvalue weighted by Gasteiger charge is -2.45. The Labute approximate surface area is 152 Å². The second-order valence-corrected chi connectivity index (χ2v) is 7.03. The van der Waals surface area contributed by atoms with Crippen molar-refractivity contribution in [1.82, 2.24) is 4.98 Å². The minimum Gasteiger partial charge on any atom is -0.441 e. The van der Waals surface area contributed by atoms with Gasteiger partial charge in [-0.2, -0.15) is 4.99 Å². The van der Waals surface area contributed by atoms with Crippen LogP contribution >= 0.6 is 0 Å². The highest BCUT2D eigenvalue weighted by molar-refractivity contribution is 6.05. The zero-order valence-corrected chi connectivity index (χ0v) is 15.2. The number of nitrogens with zero attached hydrogens (tertiary/aromatic N) is 4. The fourth-order valence-corrected chi connectivity index (χ4v) is 3.84. The highest BCUT2D eigenvalue weighted by atomic mass is 16.4. The van der Waals surface area contributed by atoms with Gasteiger partial charge in [0.2, 0.25) is 17.8 Å². The van der Waals surface area contributed by atoms with Crippen molar-refractivity contribution < 1.29 is 4.42 Å². The fourth-order valence-electron chi connectivity index (χ4n) is 3.84. The standard InChI is InChI=1S/C19H24N6O/c1-12-13(2)26-16(22-12)14-6-8-15(9-7-14)25-18(21)23-17(20)24-19(25)10-4-3-5-11-19/h6-9H,3-5,10-11H2,1-2H3,(H4,20,21,23,24). The average molecular weight is 352 g/mol. The molecule has 7 heteroatoms. The molecule has 26 heavy (non-hydrogen) atoms. The first-order valence-electron chi connectivity index (χ1n) is 9.03. The van der Waals surface area contributed by atoms with Crippen molar-refractivity contribution in [3.63, 3.8) is 0 Å². The summed E-state index contributed by atoms with van der Waals surface area (Å²) in [7, 11) is 0. The summed E-state index contributed by atoms with van der Waals surface area (Å²) in [5.41, 5.74) is 14.5. The van der Waals surface area contributed by atoms with E-state index in [4.69, 9.17) is 20.9 Å². The van der Waals surface area contributed by atoms with E-state index in [0.29, 0.717) is 11.9 Å². The van der Waals surface area contributed by atoms with Gasteiger partial charge in [-0.1, -0.05) is 6.42 Å². The maximum Gasteiger partial charge on any atom is 0.226 e. The number of benzene rings is 1. The summed E-state index contributed by atoms with van der Waals surface area (Å²) in [6.07, 6.45) is 5.26. The SMILES string of the molecule is Cc1nc(-c2ccc(N3C(N)=NC(N)=NC34CCCCC4)cc2)oc1C. The zero-order chi connectivity index (χ0) is 18.3. The van der Waals surface area contributed by atoms with Gasteiger partial charge in [-0.15, -0.1) is 0 Å². The molecule has 2 aliphatic rings. The minimum atomic E-state index is -0.425. The van der Waals surface area contributed by atoms with Crippen LogP contribution in [0.25, 0.3) is 11.5 Å². The molecule has 0 saturated heterocycles. The van der Waals surface area contributed by atoms with Crippen LogP contribution in [-0.4, -0.2) is 22.6 Å². The maximum absolute atomic E-state index is 6.26. The molecule has 2 heterocycles. The normalized spacial score (nSPS) is 19.4. The van der Waals surface area contributed by atoms with Gasteiger partial charge in [-0.25, -0.2) is 9.98 Å². The van der Waals surface area contributed by atoms with Crippen LogP contribution in [0.15, 0.2) is 38.7 Å². The molecule has 136 valence electrons. The highest BCUT2D eigenvalue weighted by Crippen LogP contribution is 2.39. The molecular formula is C19H24N6O. The van der Waals surface area contributed by atoms with E-state index in [2.05, 4.69) is 9.98 Å². The third kappa shape index (κ3) is 2.73. The Hall–Kier alpha value is -2.83. The summed E-state index contributed by atoms with van der Waals surface area (Å²) in [5, 5.41) is 0. The number of guanidine groups is 2. The second-order valence-electron chi connectivity index (χ2n) is 7.03. The van der Waals surface area contributed by atoms with Gasteiger partial charge in [0.25, 0.3) is 0 Å². The molecular weight excluding hydrogens is 328 g/mol. The highest BCUT2D eigenvalue weighted by Gasteiger charge is 2.42. The minimum absolute atomic E-state index is 0.267. The molecule has 1 saturated carbocycles. The van der Waals surface area contributed by atoms with Gasteiger partial charge in [0.15, 0.2) is 0 Å². The van der Waals surface area contributed by atoms with Crippen LogP contribution < -0.4 is 16.4 Å². The molecule has 1 spiro atoms. The van der Waals surface area contributed by atoms with E-state index in [9.17, 15) is 0 Å². The number of aliphatic imine (C=N–C) groups is 2. The molecule has 4 N–H and O–H groups in total. The van der Waals surface area contributed by atoms with Crippen molar-refractivity contribution in [2.45, 2.75) is 51.6 Å². The summed E-state index contributed by atoms with van der Waals surface area (Å²) in [4.78, 5) is 15.4. The Morgan fingerprint density at radius 3 is 2.35 bits per heavy atom. The molecule has 0 radical (unpaired) electrons. The first kappa shape index (κ1) is 16.6. The van der Waals surface area contributed by atoms with Crippen LogP contribution in [0, 0.1) is 13.8 Å². The van der Waals surface area contributed by atoms with Gasteiger partial charge >= 0.3 is 0 Å². The Morgan fingerprint density at radius 2 is 1.73 bits per heavy atom. The van der Waals surface area contributed by atoms with Crippen LogP contribution in [0.3, 0.4) is 0 Å². The average Bonchev–Trinajstić information content (AvgIpc) is 2.94. The lowest BCUT2D eigenvalue weighted by atomic mass is 9.87. The van der Waals surface area contributed by atoms with E-state index in [-0.39, 0.29) is 5.96 Å². The molecule has 0 bridgehead atoms. The first-order chi connectivity index (χ1) is 12.5. The molecule has 7 nitrogen and oxygen atoms in total. The summed E-state index contributed by atoms with van der Waals surface area (Å²) in [5.74, 6) is 2.13. The first-order valence-corrected chi connectivity index (χ1v) is 9.03. The number of hydrogen-bond acceptors (Lipinski definition) is 7. The summed E-state index contributed by atoms with van der Waals surface area (Å²) >= 11 is 0. The monoisotopic (exact) mass is 352 g/mol. The predicted octanol–water partition coefficient (Wildman–Crippen LogP) is 3.07. The van der Waals surface area contributed by atoms with E-state index in [0.717, 1.165) is 48.4 Å². The summed E-state index contributed by atoms with van der Waals surface area (Å²) in [6, 6.07) is 8.01. The van der Waals surface area contributed by atoms with Gasteiger partial charge in [0, 0.05) is 11.3 Å². The largest absolute Gasteiger partial charge is 0.441 e. The van der Waals surface area contributed by atoms with E-state index >= 15 is 0 Å². The number of oxazole rings is 1. The number of anilines is 1. The van der Waals surface area contributed by atoms with Crippen molar-refractivity contribution in [2.24, 2.45) is 21.5 Å². The molecule has 2 aromatic rings. The van der Waals surface area contributed by atoms with Gasteiger partial charge in [0.05, 0.1) is 5.69 Å². The van der Waals surface area contributed by atoms with Gasteiger partial charge in [0.1, 0.15) is 11.4 Å². The number of rotatable bonds is 2. The molecule has 4 rings (SSSR count). The van der Waals surface area contributed by atoms with Gasteiger partial charge in [-0.05, 0) is 63.8 Å². The van der Waals surface area contributed by atoms with E-state index in [1.165, 1.54) is 6.42 Å². The fraction of sp³-hybridized carbons (Fsp3) is 0.421. The van der Waals surface area contributed by atoms with Crippen molar-refractivity contribution in [1.29, 1.82) is 0 Å². The number of nitrogens with two attached hydrogens (primary N) is 2. The van der Waals surface area contributed by atoms with E-state index < -0.39 is 5.66 Å². The van der Waals surface area contributed by atoms with Crippen molar-refractivity contribution in [2.75, 3.05) is 4.90 Å². The topological polar surface area (TPSA) is 106 Å². The lowest BCUT2D eigenvalue weighted by molar-refractivity contribution is 0.305. The Morgan fingerprint density at radius 1 is 1.04 bits per heavy atom. The number of aromatic nitrogens is 1. The summed E-state index contributed by atoms with van der Waals surface area (Å²) in [6.45, 7) is 3.86. The number of hydrogen-bond donors (Lipinski definition) is 2. The Bertz CT molecular complexity index is 854. The maximum atomic E-state index is 6.26. The van der Waals surface area contributed by atoms with Crippen molar-refractivity contribution in [3.8, 4) is 11.5 Å². The molecule has 1 aromatic carbocycles. The van der Waals surface area contributed by atoms with Gasteiger partial charge in [-0.3, -0.25) is 4.90 Å². The van der Waals surface area contributed by atoms with Crippen LogP contribution in [0.2, 0.25) is 0 Å². The van der Waals surface area contributed by atoms with E-state index in [1.54, 1.807) is 0 Å². The molecule has 1 fully saturated rings. The molecule has 1 aliphatic carbocycles. The van der Waals surface area contributed by atoms with Crippen molar-refractivity contribution >= 4 is 17.6 Å². The molecule has 1 aromatic heterocycles.